The van der Waals surface area contributed by atoms with Gasteiger partial charge in [0.05, 0.1) is 23.2 Å². The molecular formula is C15H12N4O6. The molecule has 1 amide bonds. The molecule has 0 spiro atoms. The second kappa shape index (κ2) is 7.64. The van der Waals surface area contributed by atoms with Gasteiger partial charge in [0.2, 0.25) is 0 Å². The van der Waals surface area contributed by atoms with Gasteiger partial charge in [-0.25, -0.2) is 5.43 Å². The number of amides is 1. The number of ether oxygens (including phenoxy) is 1. The van der Waals surface area contributed by atoms with Crippen LogP contribution in [0.25, 0.3) is 0 Å². The summed E-state index contributed by atoms with van der Waals surface area (Å²) in [4.78, 5) is 32.2. The molecule has 10 heteroatoms. The van der Waals surface area contributed by atoms with Gasteiger partial charge in [-0.15, -0.1) is 0 Å². The Morgan fingerprint density at radius 3 is 2.36 bits per heavy atom. The van der Waals surface area contributed by atoms with Crippen LogP contribution < -0.4 is 10.2 Å². The zero-order valence-electron chi connectivity index (χ0n) is 12.9. The number of hydrogen-bond donors (Lipinski definition) is 1. The lowest BCUT2D eigenvalue weighted by atomic mass is 10.2. The average Bonchev–Trinajstić information content (AvgIpc) is 2.61. The molecule has 128 valence electrons. The molecule has 2 aromatic carbocycles. The van der Waals surface area contributed by atoms with Gasteiger partial charge in [-0.1, -0.05) is 0 Å². The van der Waals surface area contributed by atoms with E-state index < -0.39 is 15.8 Å². The first-order valence-corrected chi connectivity index (χ1v) is 6.82. The average molecular weight is 344 g/mol. The molecule has 0 fully saturated rings. The Labute approximate surface area is 141 Å². The van der Waals surface area contributed by atoms with Crippen LogP contribution in [0.4, 0.5) is 11.4 Å². The fourth-order valence-corrected chi connectivity index (χ4v) is 1.89. The van der Waals surface area contributed by atoms with Crippen molar-refractivity contribution < 1.29 is 19.4 Å². The van der Waals surface area contributed by atoms with Crippen LogP contribution in [0.15, 0.2) is 47.6 Å². The highest BCUT2D eigenvalue weighted by atomic mass is 16.6. The molecule has 25 heavy (non-hydrogen) atoms. The smallest absolute Gasteiger partial charge is 0.311 e. The second-order valence-corrected chi connectivity index (χ2v) is 4.69. The predicted molar refractivity (Wildman–Crippen MR) is 87.8 cm³/mol. The molecule has 2 rings (SSSR count). The van der Waals surface area contributed by atoms with E-state index in [4.69, 9.17) is 4.74 Å². The standard InChI is InChI=1S/C15H12N4O6/c1-25-14-7-2-10(8-13(14)19(23)24)9-16-17-15(20)11-3-5-12(6-4-11)18(21)22/h2-9H,1H3,(H,17,20). The summed E-state index contributed by atoms with van der Waals surface area (Å²) in [6, 6.07) is 9.19. The number of rotatable bonds is 6. The van der Waals surface area contributed by atoms with E-state index in [1.54, 1.807) is 0 Å². The fourth-order valence-electron chi connectivity index (χ4n) is 1.89. The van der Waals surface area contributed by atoms with Gasteiger partial charge >= 0.3 is 5.69 Å². The minimum atomic E-state index is -0.592. The predicted octanol–water partition coefficient (Wildman–Crippen LogP) is 2.28. The quantitative estimate of drug-likeness (QED) is 0.485. The summed E-state index contributed by atoms with van der Waals surface area (Å²) in [7, 11) is 1.32. The lowest BCUT2D eigenvalue weighted by Crippen LogP contribution is -2.17. The van der Waals surface area contributed by atoms with Gasteiger partial charge in [-0.3, -0.25) is 25.0 Å². The molecule has 0 aliphatic carbocycles. The zero-order chi connectivity index (χ0) is 18.4. The molecule has 0 saturated heterocycles. The van der Waals surface area contributed by atoms with Crippen molar-refractivity contribution in [2.75, 3.05) is 7.11 Å². The van der Waals surface area contributed by atoms with Gasteiger partial charge in [0.15, 0.2) is 5.75 Å². The monoisotopic (exact) mass is 344 g/mol. The number of benzene rings is 2. The first-order chi connectivity index (χ1) is 11.9. The Bertz CT molecular complexity index is 848. The first-order valence-electron chi connectivity index (χ1n) is 6.82. The number of carbonyl (C=O) groups is 1. The number of carbonyl (C=O) groups excluding carboxylic acids is 1. The molecule has 1 N–H and O–H groups in total. The van der Waals surface area contributed by atoms with E-state index in [0.29, 0.717) is 5.56 Å². The molecular weight excluding hydrogens is 332 g/mol. The molecule has 0 aliphatic rings. The number of nitro groups is 2. The van der Waals surface area contributed by atoms with Crippen LogP contribution in [0, 0.1) is 20.2 Å². The summed E-state index contributed by atoms with van der Waals surface area (Å²) in [5, 5.41) is 25.2. The van der Waals surface area contributed by atoms with Crippen molar-refractivity contribution >= 4 is 23.5 Å². The van der Waals surface area contributed by atoms with Crippen LogP contribution >= 0.6 is 0 Å². The molecule has 0 saturated carbocycles. The Hall–Kier alpha value is -3.82. The van der Waals surface area contributed by atoms with Crippen LogP contribution in [0.1, 0.15) is 15.9 Å². The maximum atomic E-state index is 11.9. The highest BCUT2D eigenvalue weighted by molar-refractivity contribution is 5.95. The third-order valence-corrected chi connectivity index (χ3v) is 3.12. The van der Waals surface area contributed by atoms with E-state index in [9.17, 15) is 25.0 Å². The van der Waals surface area contributed by atoms with Crippen molar-refractivity contribution in [3.8, 4) is 5.75 Å². The minimum absolute atomic E-state index is 0.108. The van der Waals surface area contributed by atoms with Crippen LogP contribution in [-0.4, -0.2) is 29.1 Å². The first kappa shape index (κ1) is 17.5. The van der Waals surface area contributed by atoms with E-state index in [1.807, 2.05) is 0 Å². The summed E-state index contributed by atoms with van der Waals surface area (Å²) >= 11 is 0. The maximum absolute atomic E-state index is 11.9. The molecule has 0 radical (unpaired) electrons. The van der Waals surface area contributed by atoms with Gasteiger partial charge in [0.1, 0.15) is 0 Å². The Morgan fingerprint density at radius 2 is 1.80 bits per heavy atom. The van der Waals surface area contributed by atoms with Crippen LogP contribution in [-0.2, 0) is 0 Å². The summed E-state index contributed by atoms with van der Waals surface area (Å²) in [6.45, 7) is 0. The third-order valence-electron chi connectivity index (χ3n) is 3.12. The second-order valence-electron chi connectivity index (χ2n) is 4.69. The van der Waals surface area contributed by atoms with Crippen molar-refractivity contribution in [2.24, 2.45) is 5.10 Å². The lowest BCUT2D eigenvalue weighted by Gasteiger charge is -2.02. The fraction of sp³-hybridized carbons (Fsp3) is 0.0667. The molecule has 0 aromatic heterocycles. The Morgan fingerprint density at radius 1 is 1.12 bits per heavy atom. The number of nitrogens with zero attached hydrogens (tertiary/aromatic N) is 3. The lowest BCUT2D eigenvalue weighted by molar-refractivity contribution is -0.385. The van der Waals surface area contributed by atoms with Gasteiger partial charge < -0.3 is 4.74 Å². The van der Waals surface area contributed by atoms with Crippen molar-refractivity contribution in [1.29, 1.82) is 0 Å². The topological polar surface area (TPSA) is 137 Å². The van der Waals surface area contributed by atoms with E-state index in [1.165, 1.54) is 55.8 Å². The summed E-state index contributed by atoms with van der Waals surface area (Å²) in [6.07, 6.45) is 1.23. The van der Waals surface area contributed by atoms with E-state index in [-0.39, 0.29) is 22.7 Å². The van der Waals surface area contributed by atoms with Crippen LogP contribution in [0.5, 0.6) is 5.75 Å². The highest BCUT2D eigenvalue weighted by Gasteiger charge is 2.14. The number of hydrazone groups is 1. The van der Waals surface area contributed by atoms with Gasteiger partial charge in [0.25, 0.3) is 11.6 Å². The van der Waals surface area contributed by atoms with Gasteiger partial charge in [-0.2, -0.15) is 5.10 Å². The number of nitro benzene ring substituents is 2. The number of methoxy groups -OCH3 is 1. The summed E-state index contributed by atoms with van der Waals surface area (Å²) in [5.74, 6) is -0.466. The number of hydrogen-bond acceptors (Lipinski definition) is 7. The number of non-ortho nitro benzene ring substituents is 1. The zero-order valence-corrected chi connectivity index (χ0v) is 12.9. The summed E-state index contributed by atoms with van der Waals surface area (Å²) in [5.41, 5.74) is 2.44. The summed E-state index contributed by atoms with van der Waals surface area (Å²) < 4.78 is 4.88. The van der Waals surface area contributed by atoms with Crippen molar-refractivity contribution in [3.05, 3.63) is 73.8 Å². The van der Waals surface area contributed by atoms with Crippen molar-refractivity contribution in [1.82, 2.24) is 5.43 Å². The SMILES string of the molecule is COc1ccc(C=NNC(=O)c2ccc([N+](=O)[O-])cc2)cc1[N+](=O)[O-]. The van der Waals surface area contributed by atoms with Gasteiger partial charge in [-0.05, 0) is 24.3 Å². The highest BCUT2D eigenvalue weighted by Crippen LogP contribution is 2.26. The molecule has 0 aliphatic heterocycles. The Balaban J connectivity index is 2.07. The van der Waals surface area contributed by atoms with Crippen LogP contribution in [0.2, 0.25) is 0 Å². The molecule has 0 atom stereocenters. The van der Waals surface area contributed by atoms with E-state index in [2.05, 4.69) is 10.5 Å². The maximum Gasteiger partial charge on any atom is 0.311 e. The normalized spacial score (nSPS) is 10.4. The van der Waals surface area contributed by atoms with Crippen molar-refractivity contribution in [3.63, 3.8) is 0 Å². The number of nitrogens with one attached hydrogen (secondary N) is 1. The molecule has 0 heterocycles. The van der Waals surface area contributed by atoms with Crippen LogP contribution in [0.3, 0.4) is 0 Å². The van der Waals surface area contributed by atoms with Gasteiger partial charge in [0, 0.05) is 29.3 Å². The Kier molecular flexibility index (Phi) is 5.36. The van der Waals surface area contributed by atoms with E-state index >= 15 is 0 Å². The molecule has 0 unspecified atom stereocenters. The molecule has 10 nitrogen and oxygen atoms in total. The van der Waals surface area contributed by atoms with Crippen molar-refractivity contribution in [2.45, 2.75) is 0 Å². The largest absolute Gasteiger partial charge is 0.490 e. The molecule has 2 aromatic rings. The minimum Gasteiger partial charge on any atom is -0.490 e. The molecule has 0 bridgehead atoms. The van der Waals surface area contributed by atoms with E-state index in [0.717, 1.165) is 0 Å². The third kappa shape index (κ3) is 4.34.